The molecule has 0 atom stereocenters. The van der Waals surface area contributed by atoms with E-state index in [1.165, 1.54) is 0 Å². The van der Waals surface area contributed by atoms with E-state index in [9.17, 15) is 0 Å². The zero-order valence-electron chi connectivity index (χ0n) is 18.3. The average Bonchev–Trinajstić information content (AvgIpc) is 2.41. The summed E-state index contributed by atoms with van der Waals surface area (Å²) in [5, 5.41) is 0. The van der Waals surface area contributed by atoms with Crippen LogP contribution in [0.25, 0.3) is 0 Å². The Bertz CT molecular complexity index is 275. The first-order valence-electron chi connectivity index (χ1n) is 10.3. The highest BCUT2D eigenvalue weighted by Crippen LogP contribution is 2.45. The van der Waals surface area contributed by atoms with E-state index in [2.05, 4.69) is 69.2 Å². The topological polar surface area (TPSA) is 18.5 Å². The van der Waals surface area contributed by atoms with Crippen LogP contribution in [-0.4, -0.2) is 27.6 Å². The molecular formula is C21H46O2Si. The van der Waals surface area contributed by atoms with E-state index in [-0.39, 0.29) is 6.29 Å². The van der Waals surface area contributed by atoms with Crippen LogP contribution in [0.3, 0.4) is 0 Å². The largest absolute Gasteiger partial charge is 0.353 e. The van der Waals surface area contributed by atoms with E-state index in [1.807, 2.05) is 0 Å². The summed E-state index contributed by atoms with van der Waals surface area (Å²) in [6, 6.07) is 1.14. The molecule has 3 heteroatoms. The summed E-state index contributed by atoms with van der Waals surface area (Å²) in [4.78, 5) is 0. The fraction of sp³-hybridized carbons (Fsp3) is 1.00. The second kappa shape index (κ2) is 11.7. The van der Waals surface area contributed by atoms with Crippen LogP contribution in [0.1, 0.15) is 82.1 Å². The van der Waals surface area contributed by atoms with Crippen LogP contribution < -0.4 is 0 Å². The first-order chi connectivity index (χ1) is 11.0. The molecule has 0 aliphatic heterocycles. The maximum Gasteiger partial charge on any atom is 0.155 e. The summed E-state index contributed by atoms with van der Waals surface area (Å²) < 4.78 is 12.5. The van der Waals surface area contributed by atoms with Gasteiger partial charge in [-0.1, -0.05) is 85.9 Å². The monoisotopic (exact) mass is 358 g/mol. The van der Waals surface area contributed by atoms with Gasteiger partial charge in [-0.15, -0.1) is 0 Å². The van der Waals surface area contributed by atoms with Crippen LogP contribution in [-0.2, 0) is 9.47 Å². The normalized spacial score (nSPS) is 13.5. The summed E-state index contributed by atoms with van der Waals surface area (Å²) >= 11 is 0. The third kappa shape index (κ3) is 8.01. The SMILES string of the molecule is CC(C)CCOC(C[Si](C(C)C)(C(C)C)C(C)C)OCCC(C)C. The van der Waals surface area contributed by atoms with Crippen molar-refractivity contribution in [3.8, 4) is 0 Å². The number of rotatable bonds is 13. The predicted octanol–water partition coefficient (Wildman–Crippen LogP) is 7.12. The summed E-state index contributed by atoms with van der Waals surface area (Å²) in [5.41, 5.74) is 2.26. The van der Waals surface area contributed by atoms with Crippen molar-refractivity contribution in [1.29, 1.82) is 0 Å². The molecule has 2 nitrogen and oxygen atoms in total. The Labute approximate surface area is 154 Å². The Balaban J connectivity index is 5.06. The Kier molecular flexibility index (Phi) is 11.8. The highest BCUT2D eigenvalue weighted by Gasteiger charge is 2.44. The standard InChI is InChI=1S/C21H46O2Si/c1-16(2)11-13-22-21(23-14-12-17(3)4)15-24(18(5)6,19(7)8)20(9)10/h16-21H,11-15H2,1-10H3. The Morgan fingerprint density at radius 2 is 0.917 bits per heavy atom. The lowest BCUT2D eigenvalue weighted by molar-refractivity contribution is -0.135. The second-order valence-electron chi connectivity index (χ2n) is 9.32. The molecule has 24 heavy (non-hydrogen) atoms. The molecule has 0 radical (unpaired) electrons. The van der Waals surface area contributed by atoms with Crippen molar-refractivity contribution in [1.82, 2.24) is 0 Å². The molecule has 0 aromatic carbocycles. The van der Waals surface area contributed by atoms with E-state index in [0.29, 0.717) is 11.8 Å². The number of hydrogen-bond acceptors (Lipinski definition) is 2. The van der Waals surface area contributed by atoms with E-state index in [0.717, 1.165) is 48.7 Å². The van der Waals surface area contributed by atoms with Crippen molar-refractivity contribution in [2.24, 2.45) is 11.8 Å². The van der Waals surface area contributed by atoms with Crippen LogP contribution in [0.2, 0.25) is 22.7 Å². The van der Waals surface area contributed by atoms with Crippen LogP contribution in [0, 0.1) is 11.8 Å². The van der Waals surface area contributed by atoms with Crippen molar-refractivity contribution >= 4 is 8.07 Å². The van der Waals surface area contributed by atoms with Gasteiger partial charge in [-0.3, -0.25) is 0 Å². The molecule has 0 saturated heterocycles. The van der Waals surface area contributed by atoms with Gasteiger partial charge >= 0.3 is 0 Å². The highest BCUT2D eigenvalue weighted by molar-refractivity contribution is 6.83. The van der Waals surface area contributed by atoms with E-state index >= 15 is 0 Å². The second-order valence-corrected chi connectivity index (χ2v) is 15.4. The van der Waals surface area contributed by atoms with Gasteiger partial charge in [0.1, 0.15) is 0 Å². The lowest BCUT2D eigenvalue weighted by Gasteiger charge is -2.45. The first kappa shape index (κ1) is 24.1. The van der Waals surface area contributed by atoms with Gasteiger partial charge in [0.25, 0.3) is 0 Å². The van der Waals surface area contributed by atoms with E-state index in [4.69, 9.17) is 9.47 Å². The smallest absolute Gasteiger partial charge is 0.155 e. The minimum atomic E-state index is -1.50. The van der Waals surface area contributed by atoms with Gasteiger partial charge < -0.3 is 9.47 Å². The van der Waals surface area contributed by atoms with Crippen LogP contribution in [0.4, 0.5) is 0 Å². The summed E-state index contributed by atoms with van der Waals surface area (Å²) in [6.07, 6.45) is 2.22. The average molecular weight is 359 g/mol. The molecule has 0 unspecified atom stereocenters. The third-order valence-corrected chi connectivity index (χ3v) is 13.2. The predicted molar refractivity (Wildman–Crippen MR) is 110 cm³/mol. The van der Waals surface area contributed by atoms with E-state index in [1.54, 1.807) is 0 Å². The molecule has 0 bridgehead atoms. The molecule has 0 N–H and O–H groups in total. The Morgan fingerprint density at radius 3 is 1.17 bits per heavy atom. The lowest BCUT2D eigenvalue weighted by Crippen LogP contribution is -2.48. The maximum absolute atomic E-state index is 6.25. The zero-order chi connectivity index (χ0) is 18.9. The zero-order valence-corrected chi connectivity index (χ0v) is 19.3. The number of ether oxygens (including phenoxy) is 2. The highest BCUT2D eigenvalue weighted by atomic mass is 28.3. The molecule has 0 spiro atoms. The molecule has 0 saturated carbocycles. The van der Waals surface area contributed by atoms with Gasteiger partial charge in [-0.25, -0.2) is 0 Å². The molecule has 0 aliphatic carbocycles. The van der Waals surface area contributed by atoms with Gasteiger partial charge in [0.15, 0.2) is 6.29 Å². The molecule has 0 aliphatic rings. The van der Waals surface area contributed by atoms with Crippen LogP contribution in [0.15, 0.2) is 0 Å². The van der Waals surface area contributed by atoms with Crippen LogP contribution >= 0.6 is 0 Å². The molecule has 0 fully saturated rings. The molecular weight excluding hydrogens is 312 g/mol. The quantitative estimate of drug-likeness (QED) is 0.258. The number of hydrogen-bond donors (Lipinski definition) is 0. The minimum Gasteiger partial charge on any atom is -0.353 e. The van der Waals surface area contributed by atoms with Gasteiger partial charge in [0.2, 0.25) is 0 Å². The lowest BCUT2D eigenvalue weighted by atomic mass is 10.1. The van der Waals surface area contributed by atoms with Gasteiger partial charge in [-0.05, 0) is 30.7 Å². The molecule has 146 valence electrons. The summed E-state index contributed by atoms with van der Waals surface area (Å²) in [5.74, 6) is 1.37. The van der Waals surface area contributed by atoms with Crippen molar-refractivity contribution in [2.75, 3.05) is 13.2 Å². The first-order valence-corrected chi connectivity index (χ1v) is 12.7. The van der Waals surface area contributed by atoms with Gasteiger partial charge in [-0.2, -0.15) is 0 Å². The van der Waals surface area contributed by atoms with Crippen molar-refractivity contribution in [3.05, 3.63) is 0 Å². The maximum atomic E-state index is 6.25. The van der Waals surface area contributed by atoms with Crippen molar-refractivity contribution in [2.45, 2.75) is 111 Å². The minimum absolute atomic E-state index is 0.0126. The molecule has 0 aromatic rings. The fourth-order valence-corrected chi connectivity index (χ4v) is 10.3. The fourth-order valence-electron chi connectivity index (χ4n) is 4.03. The Morgan fingerprint density at radius 1 is 0.583 bits per heavy atom. The molecule has 0 heterocycles. The Hall–Kier alpha value is 0.137. The van der Waals surface area contributed by atoms with Gasteiger partial charge in [0, 0.05) is 13.2 Å². The van der Waals surface area contributed by atoms with Crippen LogP contribution in [0.5, 0.6) is 0 Å². The van der Waals surface area contributed by atoms with Crippen molar-refractivity contribution < 1.29 is 9.47 Å². The molecule has 0 rings (SSSR count). The van der Waals surface area contributed by atoms with Gasteiger partial charge in [0.05, 0.1) is 8.07 Å². The molecule has 0 aromatic heterocycles. The third-order valence-electron chi connectivity index (χ3n) is 5.74. The summed E-state index contributed by atoms with van der Waals surface area (Å²) in [7, 11) is -1.50. The summed E-state index contributed by atoms with van der Waals surface area (Å²) in [6.45, 7) is 25.2. The van der Waals surface area contributed by atoms with E-state index < -0.39 is 8.07 Å². The molecule has 0 amide bonds. The van der Waals surface area contributed by atoms with Crippen molar-refractivity contribution in [3.63, 3.8) is 0 Å².